The maximum absolute atomic E-state index is 12.0. The Kier molecular flexibility index (Phi) is 7.48. The summed E-state index contributed by atoms with van der Waals surface area (Å²) >= 11 is 0. The first-order valence-corrected chi connectivity index (χ1v) is 7.16. The van der Waals surface area contributed by atoms with Crippen molar-refractivity contribution in [3.8, 4) is 0 Å². The summed E-state index contributed by atoms with van der Waals surface area (Å²) < 4.78 is 6.98. The standard InChI is InChI=1S/C15H18N4O2.2ClH/c1-2-21-15(20)14-12-9-16-8-6-13(12)19(18-14)10-11-5-3-4-7-17-11;;/h3-5,7,16H,2,6,8-10H2,1H3;2*1H. The maximum Gasteiger partial charge on any atom is 0.359 e. The number of ether oxygens (including phenoxy) is 1. The van der Waals surface area contributed by atoms with Gasteiger partial charge in [0.1, 0.15) is 0 Å². The third kappa shape index (κ3) is 4.22. The minimum absolute atomic E-state index is 0. The van der Waals surface area contributed by atoms with Gasteiger partial charge in [0.2, 0.25) is 0 Å². The van der Waals surface area contributed by atoms with E-state index in [1.165, 1.54) is 0 Å². The molecular weight excluding hydrogens is 339 g/mol. The number of carbonyl (C=O) groups is 1. The van der Waals surface area contributed by atoms with Gasteiger partial charge >= 0.3 is 5.97 Å². The lowest BCUT2D eigenvalue weighted by atomic mass is 10.1. The van der Waals surface area contributed by atoms with E-state index in [9.17, 15) is 4.79 Å². The molecule has 23 heavy (non-hydrogen) atoms. The molecule has 1 aliphatic heterocycles. The predicted molar refractivity (Wildman–Crippen MR) is 91.4 cm³/mol. The second-order valence-corrected chi connectivity index (χ2v) is 4.90. The monoisotopic (exact) mass is 358 g/mol. The number of rotatable bonds is 4. The zero-order chi connectivity index (χ0) is 14.7. The van der Waals surface area contributed by atoms with Crippen LogP contribution in [0, 0.1) is 0 Å². The fraction of sp³-hybridized carbons (Fsp3) is 0.400. The van der Waals surface area contributed by atoms with E-state index < -0.39 is 0 Å². The summed E-state index contributed by atoms with van der Waals surface area (Å²) in [7, 11) is 0. The molecule has 1 aliphatic rings. The van der Waals surface area contributed by atoms with E-state index in [1.807, 2.05) is 22.9 Å². The van der Waals surface area contributed by atoms with Crippen molar-refractivity contribution in [1.29, 1.82) is 0 Å². The molecule has 2 aromatic heterocycles. The van der Waals surface area contributed by atoms with E-state index in [0.717, 1.165) is 29.9 Å². The second kappa shape index (κ2) is 8.86. The number of esters is 1. The van der Waals surface area contributed by atoms with E-state index in [0.29, 0.717) is 25.4 Å². The van der Waals surface area contributed by atoms with Gasteiger partial charge in [-0.25, -0.2) is 4.79 Å². The summed E-state index contributed by atoms with van der Waals surface area (Å²) in [6.07, 6.45) is 2.62. The molecule has 2 aromatic rings. The van der Waals surface area contributed by atoms with Crippen LogP contribution < -0.4 is 5.32 Å². The van der Waals surface area contributed by atoms with Crippen molar-refractivity contribution >= 4 is 30.8 Å². The molecule has 0 amide bonds. The molecule has 0 saturated carbocycles. The lowest BCUT2D eigenvalue weighted by Gasteiger charge is -2.15. The third-order valence-electron chi connectivity index (χ3n) is 3.51. The minimum atomic E-state index is -0.350. The molecule has 6 nitrogen and oxygen atoms in total. The number of hydrogen-bond donors (Lipinski definition) is 1. The largest absolute Gasteiger partial charge is 0.461 e. The van der Waals surface area contributed by atoms with E-state index in [-0.39, 0.29) is 30.8 Å². The Morgan fingerprint density at radius 1 is 1.39 bits per heavy atom. The van der Waals surface area contributed by atoms with Gasteiger partial charge in [-0.3, -0.25) is 9.67 Å². The number of nitrogens with one attached hydrogen (secondary N) is 1. The molecule has 0 radical (unpaired) electrons. The lowest BCUT2D eigenvalue weighted by molar-refractivity contribution is 0.0517. The van der Waals surface area contributed by atoms with Gasteiger partial charge in [-0.15, -0.1) is 24.8 Å². The summed E-state index contributed by atoms with van der Waals surface area (Å²) in [5.41, 5.74) is 3.41. The molecule has 8 heteroatoms. The highest BCUT2D eigenvalue weighted by Crippen LogP contribution is 2.20. The summed E-state index contributed by atoms with van der Waals surface area (Å²) in [5.74, 6) is -0.350. The van der Waals surface area contributed by atoms with E-state index in [2.05, 4.69) is 15.4 Å². The molecule has 3 heterocycles. The van der Waals surface area contributed by atoms with Crippen LogP contribution in [0.5, 0.6) is 0 Å². The normalized spacial score (nSPS) is 12.6. The van der Waals surface area contributed by atoms with Crippen LogP contribution in [0.1, 0.15) is 34.4 Å². The Labute approximate surface area is 147 Å². The summed E-state index contributed by atoms with van der Waals surface area (Å²) in [5, 5.41) is 7.75. The van der Waals surface area contributed by atoms with E-state index >= 15 is 0 Å². The van der Waals surface area contributed by atoms with Gasteiger partial charge in [0.15, 0.2) is 5.69 Å². The van der Waals surface area contributed by atoms with Crippen molar-refractivity contribution in [2.45, 2.75) is 26.4 Å². The Hall–Kier alpha value is -1.63. The van der Waals surface area contributed by atoms with Crippen molar-refractivity contribution in [1.82, 2.24) is 20.1 Å². The van der Waals surface area contributed by atoms with E-state index in [4.69, 9.17) is 4.74 Å². The summed E-state index contributed by atoms with van der Waals surface area (Å²) in [4.78, 5) is 16.4. The van der Waals surface area contributed by atoms with Crippen molar-refractivity contribution in [2.24, 2.45) is 0 Å². The molecule has 1 N–H and O–H groups in total. The average Bonchev–Trinajstić information content (AvgIpc) is 2.88. The van der Waals surface area contributed by atoms with Gasteiger partial charge in [-0.2, -0.15) is 5.10 Å². The molecule has 0 saturated heterocycles. The lowest BCUT2D eigenvalue weighted by Crippen LogP contribution is -2.26. The molecule has 126 valence electrons. The van der Waals surface area contributed by atoms with Gasteiger partial charge in [-0.1, -0.05) is 6.07 Å². The fourth-order valence-electron chi connectivity index (χ4n) is 2.56. The van der Waals surface area contributed by atoms with Crippen molar-refractivity contribution in [3.63, 3.8) is 0 Å². The van der Waals surface area contributed by atoms with Crippen molar-refractivity contribution < 1.29 is 9.53 Å². The summed E-state index contributed by atoms with van der Waals surface area (Å²) in [6, 6.07) is 5.79. The second-order valence-electron chi connectivity index (χ2n) is 4.90. The summed E-state index contributed by atoms with van der Waals surface area (Å²) in [6.45, 7) is 4.28. The van der Waals surface area contributed by atoms with Gasteiger partial charge < -0.3 is 10.1 Å². The van der Waals surface area contributed by atoms with Gasteiger partial charge in [-0.05, 0) is 19.1 Å². The Morgan fingerprint density at radius 2 is 2.22 bits per heavy atom. The fourth-order valence-corrected chi connectivity index (χ4v) is 2.56. The van der Waals surface area contributed by atoms with Crippen molar-refractivity contribution in [3.05, 3.63) is 47.0 Å². The van der Waals surface area contributed by atoms with Crippen LogP contribution in [0.15, 0.2) is 24.4 Å². The van der Waals surface area contributed by atoms with Crippen LogP contribution in [0.2, 0.25) is 0 Å². The van der Waals surface area contributed by atoms with Gasteiger partial charge in [0, 0.05) is 37.0 Å². The smallest absolute Gasteiger partial charge is 0.359 e. The molecule has 0 spiro atoms. The van der Waals surface area contributed by atoms with Crippen LogP contribution >= 0.6 is 24.8 Å². The quantitative estimate of drug-likeness (QED) is 0.846. The molecule has 0 atom stereocenters. The number of aromatic nitrogens is 3. The first-order valence-electron chi connectivity index (χ1n) is 7.16. The highest BCUT2D eigenvalue weighted by Gasteiger charge is 2.25. The topological polar surface area (TPSA) is 69.0 Å². The van der Waals surface area contributed by atoms with Crippen LogP contribution in [-0.2, 0) is 24.2 Å². The number of halogens is 2. The first kappa shape index (κ1) is 19.4. The van der Waals surface area contributed by atoms with Crippen LogP contribution in [0.3, 0.4) is 0 Å². The highest BCUT2D eigenvalue weighted by molar-refractivity contribution is 5.89. The number of pyridine rings is 1. The number of hydrogen-bond acceptors (Lipinski definition) is 5. The van der Waals surface area contributed by atoms with Gasteiger partial charge in [0.25, 0.3) is 0 Å². The maximum atomic E-state index is 12.0. The molecule has 0 unspecified atom stereocenters. The zero-order valence-corrected chi connectivity index (χ0v) is 14.5. The number of fused-ring (bicyclic) bond motifs is 1. The molecule has 0 aromatic carbocycles. The average molecular weight is 359 g/mol. The number of nitrogens with zero attached hydrogens (tertiary/aromatic N) is 3. The van der Waals surface area contributed by atoms with Gasteiger partial charge in [0.05, 0.1) is 18.8 Å². The van der Waals surface area contributed by atoms with Crippen LogP contribution in [0.25, 0.3) is 0 Å². The third-order valence-corrected chi connectivity index (χ3v) is 3.51. The predicted octanol–water partition coefficient (Wildman–Crippen LogP) is 1.99. The van der Waals surface area contributed by atoms with E-state index in [1.54, 1.807) is 13.1 Å². The zero-order valence-electron chi connectivity index (χ0n) is 12.8. The van der Waals surface area contributed by atoms with Crippen LogP contribution in [0.4, 0.5) is 0 Å². The molecular formula is C15H20Cl2N4O2. The van der Waals surface area contributed by atoms with Crippen LogP contribution in [-0.4, -0.2) is 33.9 Å². The molecule has 3 rings (SSSR count). The minimum Gasteiger partial charge on any atom is -0.461 e. The molecule has 0 aliphatic carbocycles. The molecule has 0 fully saturated rings. The molecule has 0 bridgehead atoms. The highest BCUT2D eigenvalue weighted by atomic mass is 35.5. The Balaban J connectivity index is 0.00000132. The SMILES string of the molecule is CCOC(=O)c1nn(Cc2ccccn2)c2c1CNCC2.Cl.Cl. The Morgan fingerprint density at radius 3 is 2.91 bits per heavy atom. The Bertz CT molecular complexity index is 646. The first-order chi connectivity index (χ1) is 10.3. The number of carbonyl (C=O) groups excluding carboxylic acids is 1. The van der Waals surface area contributed by atoms with Crippen molar-refractivity contribution in [2.75, 3.05) is 13.2 Å².